The number of hydrogen-bond acceptors (Lipinski definition) is 7. The van der Waals surface area contributed by atoms with E-state index in [9.17, 15) is 34.2 Å². The van der Waals surface area contributed by atoms with E-state index < -0.39 is 40.9 Å². The fraction of sp³-hybridized carbons (Fsp3) is 0. The molecule has 200 valence electrons. The van der Waals surface area contributed by atoms with E-state index in [0.717, 1.165) is 21.9 Å². The average molecular weight is 552 g/mol. The van der Waals surface area contributed by atoms with Gasteiger partial charge in [0.15, 0.2) is 5.78 Å². The summed E-state index contributed by atoms with van der Waals surface area (Å²) in [5.74, 6) is 0.436. The predicted molar refractivity (Wildman–Crippen MR) is 151 cm³/mol. The lowest BCUT2D eigenvalue weighted by molar-refractivity contribution is 0.0909. The highest BCUT2D eigenvalue weighted by atomic mass is 16.3. The van der Waals surface area contributed by atoms with Crippen LogP contribution in [0.4, 0.5) is 11.4 Å². The van der Waals surface area contributed by atoms with Gasteiger partial charge >= 0.3 is 0 Å². The molecule has 0 unspecified atom stereocenters. The third kappa shape index (κ3) is 3.74. The topological polar surface area (TPSA) is 132 Å². The normalized spacial score (nSPS) is 13.6. The van der Waals surface area contributed by atoms with Crippen LogP contribution in [0.25, 0.3) is 0 Å². The Hall–Kier alpha value is -6.45. The number of nitrogens with zero attached hydrogens (tertiary/aromatic N) is 2. The minimum atomic E-state index is -0.725. The van der Waals surface area contributed by atoms with Crippen LogP contribution < -0.4 is 9.80 Å². The van der Waals surface area contributed by atoms with Crippen molar-refractivity contribution in [3.05, 3.63) is 117 Å². The van der Waals surface area contributed by atoms with Gasteiger partial charge in [-0.05, 0) is 72.8 Å². The number of carbonyl (C=O) groups is 5. The van der Waals surface area contributed by atoms with E-state index in [0.29, 0.717) is 11.1 Å². The largest absolute Gasteiger partial charge is 0.506 e. The van der Waals surface area contributed by atoms with Crippen LogP contribution >= 0.6 is 0 Å². The third-order valence-electron chi connectivity index (χ3n) is 7.06. The van der Waals surface area contributed by atoms with Gasteiger partial charge in [-0.1, -0.05) is 11.8 Å². The first-order valence-electron chi connectivity index (χ1n) is 12.3. The van der Waals surface area contributed by atoms with Gasteiger partial charge in [0.05, 0.1) is 33.6 Å². The zero-order chi connectivity index (χ0) is 29.9. The van der Waals surface area contributed by atoms with Crippen molar-refractivity contribution in [2.75, 3.05) is 9.80 Å². The van der Waals surface area contributed by atoms with E-state index in [1.165, 1.54) is 60.7 Å². The van der Waals surface area contributed by atoms with Crippen LogP contribution in [-0.4, -0.2) is 39.6 Å². The molecule has 4 amide bonds. The molecule has 2 aliphatic rings. The summed E-state index contributed by atoms with van der Waals surface area (Å²) in [7, 11) is 0. The number of rotatable bonds is 4. The van der Waals surface area contributed by atoms with Gasteiger partial charge in [-0.15, -0.1) is 12.8 Å². The summed E-state index contributed by atoms with van der Waals surface area (Å²) in [6, 6.07) is 15.9. The first kappa shape index (κ1) is 25.8. The third-order valence-corrected chi connectivity index (χ3v) is 7.06. The number of terminal acetylenes is 2. The molecule has 0 saturated heterocycles. The molecule has 0 radical (unpaired) electrons. The lowest BCUT2D eigenvalue weighted by atomic mass is 10.0. The molecule has 6 rings (SSSR count). The monoisotopic (exact) mass is 552 g/mol. The fourth-order valence-electron chi connectivity index (χ4n) is 4.95. The van der Waals surface area contributed by atoms with Crippen molar-refractivity contribution in [3.63, 3.8) is 0 Å². The highest BCUT2D eigenvalue weighted by Gasteiger charge is 2.40. The zero-order valence-electron chi connectivity index (χ0n) is 21.4. The summed E-state index contributed by atoms with van der Waals surface area (Å²) in [4.78, 5) is 67.5. The van der Waals surface area contributed by atoms with Crippen molar-refractivity contribution in [2.45, 2.75) is 0 Å². The van der Waals surface area contributed by atoms with Crippen molar-refractivity contribution in [2.24, 2.45) is 0 Å². The van der Waals surface area contributed by atoms with Crippen molar-refractivity contribution in [3.8, 4) is 36.2 Å². The second kappa shape index (κ2) is 9.33. The quantitative estimate of drug-likeness (QED) is 0.223. The number of carbonyl (C=O) groups excluding carboxylic acids is 5. The van der Waals surface area contributed by atoms with Gasteiger partial charge in [0.2, 0.25) is 0 Å². The van der Waals surface area contributed by atoms with Crippen LogP contribution in [0.2, 0.25) is 0 Å². The van der Waals surface area contributed by atoms with Crippen LogP contribution in [0.1, 0.15) is 68.5 Å². The van der Waals surface area contributed by atoms with Crippen molar-refractivity contribution in [1.82, 2.24) is 0 Å². The second-order valence-corrected chi connectivity index (χ2v) is 9.44. The van der Waals surface area contributed by atoms with Gasteiger partial charge in [0.1, 0.15) is 11.5 Å². The summed E-state index contributed by atoms with van der Waals surface area (Å²) >= 11 is 0. The van der Waals surface area contributed by atoms with Crippen LogP contribution in [0.3, 0.4) is 0 Å². The van der Waals surface area contributed by atoms with E-state index in [4.69, 9.17) is 12.8 Å². The van der Waals surface area contributed by atoms with E-state index >= 15 is 0 Å². The van der Waals surface area contributed by atoms with Crippen molar-refractivity contribution >= 4 is 40.8 Å². The van der Waals surface area contributed by atoms with Gasteiger partial charge in [-0.3, -0.25) is 24.0 Å². The molecule has 0 saturated carbocycles. The number of imide groups is 2. The molecule has 9 nitrogen and oxygen atoms in total. The number of hydrogen-bond donors (Lipinski definition) is 2. The molecule has 0 fully saturated rings. The Balaban J connectivity index is 1.36. The first-order valence-corrected chi connectivity index (χ1v) is 12.3. The molecule has 0 atom stereocenters. The lowest BCUT2D eigenvalue weighted by Crippen LogP contribution is -2.30. The summed E-state index contributed by atoms with van der Waals surface area (Å²) in [5, 5.41) is 21.1. The van der Waals surface area contributed by atoms with Crippen LogP contribution in [0.15, 0.2) is 72.8 Å². The molecule has 0 spiro atoms. The number of phenolic OH excluding ortho intramolecular Hbond substituents is 2. The Labute approximate surface area is 238 Å². The van der Waals surface area contributed by atoms with Crippen LogP contribution in [0.5, 0.6) is 11.5 Å². The Morgan fingerprint density at radius 2 is 0.929 bits per heavy atom. The maximum absolute atomic E-state index is 13.5. The molecular formula is C33H16N2O7. The molecule has 2 heterocycles. The average Bonchev–Trinajstić information content (AvgIpc) is 3.40. The minimum absolute atomic E-state index is 0.0265. The number of fused-ring (bicyclic) bond motifs is 2. The Bertz CT molecular complexity index is 1900. The molecule has 2 aliphatic heterocycles. The molecule has 42 heavy (non-hydrogen) atoms. The van der Waals surface area contributed by atoms with E-state index in [1.54, 1.807) is 0 Å². The van der Waals surface area contributed by atoms with Gasteiger partial charge in [-0.2, -0.15) is 0 Å². The van der Waals surface area contributed by atoms with Gasteiger partial charge in [0, 0.05) is 22.3 Å². The highest BCUT2D eigenvalue weighted by Crippen LogP contribution is 2.38. The summed E-state index contributed by atoms with van der Waals surface area (Å²) in [6.45, 7) is 0. The number of phenols is 2. The lowest BCUT2D eigenvalue weighted by Gasteiger charge is -2.18. The molecule has 0 bridgehead atoms. The van der Waals surface area contributed by atoms with Gasteiger partial charge in [0.25, 0.3) is 23.6 Å². The summed E-state index contributed by atoms with van der Waals surface area (Å²) < 4.78 is 0. The smallest absolute Gasteiger partial charge is 0.266 e. The molecule has 4 aromatic carbocycles. The Morgan fingerprint density at radius 1 is 0.548 bits per heavy atom. The first-order chi connectivity index (χ1) is 20.1. The van der Waals surface area contributed by atoms with Crippen molar-refractivity contribution in [1.29, 1.82) is 0 Å². The van der Waals surface area contributed by atoms with Crippen LogP contribution in [0, 0.1) is 24.7 Å². The zero-order valence-corrected chi connectivity index (χ0v) is 21.4. The van der Waals surface area contributed by atoms with E-state index in [-0.39, 0.29) is 44.8 Å². The second-order valence-electron chi connectivity index (χ2n) is 9.44. The Morgan fingerprint density at radius 3 is 1.31 bits per heavy atom. The maximum Gasteiger partial charge on any atom is 0.266 e. The van der Waals surface area contributed by atoms with Gasteiger partial charge < -0.3 is 10.2 Å². The standard InChI is InChI=1S/C33H16N2O7/c1-3-17-5-9-21-23(13-17)32(41)34(30(21)39)25-15-19(7-11-27(25)36)29(38)20-8-12-28(37)26(16-20)35-31(40)22-10-6-18(4-2)14-24(22)33(35)42/h1-2,5-16,36-37H. The molecule has 2 N–H and O–H groups in total. The van der Waals surface area contributed by atoms with E-state index in [2.05, 4.69) is 11.8 Å². The Kier molecular flexibility index (Phi) is 5.74. The SMILES string of the molecule is C#Cc1ccc2c(c1)C(=O)N(c1cc(C(=O)c3ccc(O)c(N4C(=O)c5ccc(C#C)cc5C4=O)c3)ccc1O)C2=O. The molecule has 0 aromatic heterocycles. The molecule has 0 aliphatic carbocycles. The summed E-state index contributed by atoms with van der Waals surface area (Å²) in [5.41, 5.74) is 0.584. The van der Waals surface area contributed by atoms with E-state index in [1.807, 2.05) is 0 Å². The predicted octanol–water partition coefficient (Wildman–Crippen LogP) is 3.89. The number of amides is 4. The minimum Gasteiger partial charge on any atom is -0.506 e. The highest BCUT2D eigenvalue weighted by molar-refractivity contribution is 6.36. The maximum atomic E-state index is 13.5. The fourth-order valence-corrected chi connectivity index (χ4v) is 4.95. The number of ketones is 1. The van der Waals surface area contributed by atoms with Crippen LogP contribution in [-0.2, 0) is 0 Å². The number of anilines is 2. The molecule has 4 aromatic rings. The number of benzene rings is 4. The van der Waals surface area contributed by atoms with Crippen molar-refractivity contribution < 1.29 is 34.2 Å². The summed E-state index contributed by atoms with van der Waals surface area (Å²) in [6.07, 6.45) is 10.8. The van der Waals surface area contributed by atoms with Gasteiger partial charge in [-0.25, -0.2) is 9.80 Å². The molecule has 9 heteroatoms. The number of aromatic hydroxyl groups is 2. The molecular weight excluding hydrogens is 536 g/mol.